The maximum atomic E-state index is 11.5. The van der Waals surface area contributed by atoms with E-state index in [4.69, 9.17) is 0 Å². The molecule has 2 nitrogen and oxygen atoms in total. The van der Waals surface area contributed by atoms with Gasteiger partial charge >= 0.3 is 0 Å². The SMILES string of the molecule is CCC(CC)C(=O)/C=C/CN(C)C. The Hall–Kier alpha value is -0.630. The number of hydrogen-bond acceptors (Lipinski definition) is 2. The summed E-state index contributed by atoms with van der Waals surface area (Å²) in [4.78, 5) is 13.5. The molecule has 0 fully saturated rings. The number of carbonyl (C=O) groups is 1. The molecule has 0 aromatic heterocycles. The van der Waals surface area contributed by atoms with E-state index in [0.717, 1.165) is 19.4 Å². The van der Waals surface area contributed by atoms with Crippen LogP contribution in [0.2, 0.25) is 0 Å². The van der Waals surface area contributed by atoms with Crippen LogP contribution in [0.3, 0.4) is 0 Å². The van der Waals surface area contributed by atoms with Crippen LogP contribution < -0.4 is 0 Å². The molecule has 0 heterocycles. The van der Waals surface area contributed by atoms with Crippen molar-refractivity contribution in [1.82, 2.24) is 4.90 Å². The van der Waals surface area contributed by atoms with Gasteiger partial charge in [0.25, 0.3) is 0 Å². The lowest BCUT2D eigenvalue weighted by Crippen LogP contribution is -2.13. The Morgan fingerprint density at radius 3 is 2.23 bits per heavy atom. The molecule has 0 saturated carbocycles. The van der Waals surface area contributed by atoms with E-state index in [9.17, 15) is 4.79 Å². The highest BCUT2D eigenvalue weighted by Crippen LogP contribution is 2.09. The van der Waals surface area contributed by atoms with E-state index in [-0.39, 0.29) is 11.7 Å². The summed E-state index contributed by atoms with van der Waals surface area (Å²) in [7, 11) is 3.98. The van der Waals surface area contributed by atoms with Gasteiger partial charge in [-0.2, -0.15) is 0 Å². The molecule has 0 radical (unpaired) electrons. The van der Waals surface area contributed by atoms with Crippen LogP contribution in [0.1, 0.15) is 26.7 Å². The molecular weight excluding hydrogens is 162 g/mol. The molecule has 2 heteroatoms. The molecule has 0 spiro atoms. The molecule has 0 rings (SSSR count). The highest BCUT2D eigenvalue weighted by Gasteiger charge is 2.09. The zero-order valence-corrected chi connectivity index (χ0v) is 9.21. The molecule has 0 aromatic rings. The molecule has 0 atom stereocenters. The van der Waals surface area contributed by atoms with Crippen molar-refractivity contribution in [3.63, 3.8) is 0 Å². The van der Waals surface area contributed by atoms with Crippen molar-refractivity contribution >= 4 is 5.78 Å². The van der Waals surface area contributed by atoms with E-state index in [1.165, 1.54) is 0 Å². The molecule has 0 aliphatic rings. The van der Waals surface area contributed by atoms with Gasteiger partial charge < -0.3 is 4.90 Å². The van der Waals surface area contributed by atoms with Crippen LogP contribution in [-0.4, -0.2) is 31.3 Å². The quantitative estimate of drug-likeness (QED) is 0.588. The summed E-state index contributed by atoms with van der Waals surface area (Å²) < 4.78 is 0. The van der Waals surface area contributed by atoms with Gasteiger partial charge in [-0.05, 0) is 33.0 Å². The number of likely N-dealkylation sites (N-methyl/N-ethyl adjacent to an activating group) is 1. The summed E-state index contributed by atoms with van der Waals surface area (Å²) >= 11 is 0. The highest BCUT2D eigenvalue weighted by molar-refractivity contribution is 5.91. The van der Waals surface area contributed by atoms with Gasteiger partial charge in [-0.15, -0.1) is 0 Å². The van der Waals surface area contributed by atoms with Crippen LogP contribution >= 0.6 is 0 Å². The lowest BCUT2D eigenvalue weighted by Gasteiger charge is -2.07. The zero-order chi connectivity index (χ0) is 10.3. The predicted molar refractivity (Wildman–Crippen MR) is 56.8 cm³/mol. The van der Waals surface area contributed by atoms with E-state index in [1.54, 1.807) is 6.08 Å². The maximum absolute atomic E-state index is 11.5. The second-order valence-electron chi connectivity index (χ2n) is 3.58. The maximum Gasteiger partial charge on any atom is 0.158 e. The molecule has 0 bridgehead atoms. The molecule has 0 aliphatic heterocycles. The first-order chi connectivity index (χ1) is 6.11. The number of nitrogens with zero attached hydrogens (tertiary/aromatic N) is 1. The Bertz CT molecular complexity index is 169. The van der Waals surface area contributed by atoms with Crippen molar-refractivity contribution in [2.75, 3.05) is 20.6 Å². The monoisotopic (exact) mass is 183 g/mol. The largest absolute Gasteiger partial charge is 0.306 e. The van der Waals surface area contributed by atoms with E-state index in [1.807, 2.05) is 25.1 Å². The third-order valence-electron chi connectivity index (χ3n) is 2.14. The summed E-state index contributed by atoms with van der Waals surface area (Å²) in [5, 5.41) is 0. The molecule has 0 saturated heterocycles. The van der Waals surface area contributed by atoms with Crippen LogP contribution in [0.25, 0.3) is 0 Å². The van der Waals surface area contributed by atoms with Crippen molar-refractivity contribution < 1.29 is 4.79 Å². The minimum atomic E-state index is 0.221. The summed E-state index contributed by atoms with van der Waals surface area (Å²) in [6.45, 7) is 4.96. The summed E-state index contributed by atoms with van der Waals surface area (Å²) in [6, 6.07) is 0. The fourth-order valence-corrected chi connectivity index (χ4v) is 1.21. The molecule has 13 heavy (non-hydrogen) atoms. The second kappa shape index (κ2) is 6.84. The van der Waals surface area contributed by atoms with Crippen molar-refractivity contribution in [1.29, 1.82) is 0 Å². The number of ketones is 1. The molecule has 0 amide bonds. The zero-order valence-electron chi connectivity index (χ0n) is 9.21. The first kappa shape index (κ1) is 12.4. The Balaban J connectivity index is 3.90. The Morgan fingerprint density at radius 2 is 1.85 bits per heavy atom. The van der Waals surface area contributed by atoms with Gasteiger partial charge in [0.1, 0.15) is 0 Å². The van der Waals surface area contributed by atoms with Crippen molar-refractivity contribution in [2.45, 2.75) is 26.7 Å². The van der Waals surface area contributed by atoms with Gasteiger partial charge in [-0.25, -0.2) is 0 Å². The van der Waals surface area contributed by atoms with E-state index in [0.29, 0.717) is 0 Å². The minimum absolute atomic E-state index is 0.221. The minimum Gasteiger partial charge on any atom is -0.306 e. The van der Waals surface area contributed by atoms with Gasteiger partial charge in [-0.3, -0.25) is 4.79 Å². The predicted octanol–water partition coefficient (Wildman–Crippen LogP) is 2.11. The van der Waals surface area contributed by atoms with E-state index >= 15 is 0 Å². The van der Waals surface area contributed by atoms with Gasteiger partial charge in [0.05, 0.1) is 0 Å². The smallest absolute Gasteiger partial charge is 0.158 e. The molecule has 0 aliphatic carbocycles. The third kappa shape index (κ3) is 5.58. The standard InChI is InChI=1S/C11H21NO/c1-5-10(6-2)11(13)8-7-9-12(3)4/h7-8,10H,5-6,9H2,1-4H3/b8-7+. The van der Waals surface area contributed by atoms with Crippen molar-refractivity contribution in [3.05, 3.63) is 12.2 Å². The van der Waals surface area contributed by atoms with Crippen LogP contribution in [0, 0.1) is 5.92 Å². The summed E-state index contributed by atoms with van der Waals surface area (Å²) in [5.74, 6) is 0.491. The van der Waals surface area contributed by atoms with Gasteiger partial charge in [0, 0.05) is 12.5 Å². The number of hydrogen-bond donors (Lipinski definition) is 0. The van der Waals surface area contributed by atoms with Crippen LogP contribution in [0.5, 0.6) is 0 Å². The highest BCUT2D eigenvalue weighted by atomic mass is 16.1. The first-order valence-corrected chi connectivity index (χ1v) is 4.96. The van der Waals surface area contributed by atoms with Gasteiger partial charge in [-0.1, -0.05) is 19.9 Å². The van der Waals surface area contributed by atoms with Crippen LogP contribution in [-0.2, 0) is 4.79 Å². The summed E-state index contributed by atoms with van der Waals surface area (Å²) in [6.07, 6.45) is 5.54. The molecule has 0 unspecified atom stereocenters. The van der Waals surface area contributed by atoms with Crippen LogP contribution in [0.15, 0.2) is 12.2 Å². The fraction of sp³-hybridized carbons (Fsp3) is 0.727. The average Bonchev–Trinajstić information content (AvgIpc) is 2.05. The molecular formula is C11H21NO. The summed E-state index contributed by atoms with van der Waals surface area (Å²) in [5.41, 5.74) is 0. The number of allylic oxidation sites excluding steroid dienone is 1. The number of rotatable bonds is 6. The second-order valence-corrected chi connectivity index (χ2v) is 3.58. The van der Waals surface area contributed by atoms with Gasteiger partial charge in [0.2, 0.25) is 0 Å². The Labute approximate surface area is 81.6 Å². The fourth-order valence-electron chi connectivity index (χ4n) is 1.21. The molecule has 0 N–H and O–H groups in total. The Morgan fingerprint density at radius 1 is 1.31 bits per heavy atom. The lowest BCUT2D eigenvalue weighted by molar-refractivity contribution is -0.118. The molecule has 76 valence electrons. The molecule has 0 aromatic carbocycles. The first-order valence-electron chi connectivity index (χ1n) is 4.96. The van der Waals surface area contributed by atoms with Crippen molar-refractivity contribution in [2.24, 2.45) is 5.92 Å². The number of carbonyl (C=O) groups excluding carboxylic acids is 1. The van der Waals surface area contributed by atoms with E-state index < -0.39 is 0 Å². The topological polar surface area (TPSA) is 20.3 Å². The third-order valence-corrected chi connectivity index (χ3v) is 2.14. The van der Waals surface area contributed by atoms with Gasteiger partial charge in [0.15, 0.2) is 5.78 Å². The Kier molecular flexibility index (Phi) is 6.51. The lowest BCUT2D eigenvalue weighted by atomic mass is 9.98. The van der Waals surface area contributed by atoms with Crippen molar-refractivity contribution in [3.8, 4) is 0 Å². The average molecular weight is 183 g/mol. The normalized spacial score (nSPS) is 11.8. The van der Waals surface area contributed by atoms with Crippen LogP contribution in [0.4, 0.5) is 0 Å². The van der Waals surface area contributed by atoms with E-state index in [2.05, 4.69) is 13.8 Å².